The van der Waals surface area contributed by atoms with E-state index in [1.165, 1.54) is 28.8 Å². The van der Waals surface area contributed by atoms with Gasteiger partial charge in [-0.2, -0.15) is 5.10 Å². The Morgan fingerprint density at radius 1 is 1.16 bits per heavy atom. The summed E-state index contributed by atoms with van der Waals surface area (Å²) in [5.74, 6) is 0. The first-order chi connectivity index (χ1) is 12.3. The Labute approximate surface area is 148 Å². The molecule has 0 spiro atoms. The highest BCUT2D eigenvalue weighted by atomic mass is 15.3. The van der Waals surface area contributed by atoms with Gasteiger partial charge in [-0.25, -0.2) is 0 Å². The average molecular weight is 332 g/mol. The van der Waals surface area contributed by atoms with Gasteiger partial charge in [0, 0.05) is 35.7 Å². The summed E-state index contributed by atoms with van der Waals surface area (Å²) in [6.07, 6.45) is 9.30. The molecule has 0 saturated carbocycles. The molecular formula is C21H24N4. The van der Waals surface area contributed by atoms with Gasteiger partial charge in [0.2, 0.25) is 0 Å². The van der Waals surface area contributed by atoms with E-state index in [9.17, 15) is 0 Å². The predicted molar refractivity (Wildman–Crippen MR) is 99.2 cm³/mol. The number of benzene rings is 1. The normalized spacial score (nSPS) is 17.9. The molecule has 128 valence electrons. The van der Waals surface area contributed by atoms with E-state index in [1.807, 2.05) is 18.5 Å². The van der Waals surface area contributed by atoms with Gasteiger partial charge in [-0.15, -0.1) is 0 Å². The maximum absolute atomic E-state index is 4.69. The number of nitrogens with zero attached hydrogens (tertiary/aromatic N) is 3. The van der Waals surface area contributed by atoms with Crippen molar-refractivity contribution in [2.45, 2.75) is 44.8 Å². The molecule has 4 rings (SSSR count). The summed E-state index contributed by atoms with van der Waals surface area (Å²) in [7, 11) is 0. The van der Waals surface area contributed by atoms with Crippen molar-refractivity contribution in [2.75, 3.05) is 0 Å². The lowest BCUT2D eigenvalue weighted by atomic mass is 9.92. The Hall–Kier alpha value is -2.46. The van der Waals surface area contributed by atoms with Gasteiger partial charge in [0.15, 0.2) is 0 Å². The molecule has 0 fully saturated rings. The van der Waals surface area contributed by atoms with Crippen LogP contribution >= 0.6 is 0 Å². The molecule has 0 unspecified atom stereocenters. The second kappa shape index (κ2) is 7.19. The summed E-state index contributed by atoms with van der Waals surface area (Å²) in [5.41, 5.74) is 5.27. The van der Waals surface area contributed by atoms with E-state index in [2.05, 4.69) is 69.6 Å². The fraction of sp³-hybridized carbons (Fsp3) is 0.333. The smallest absolute Gasteiger partial charge is 0.0662 e. The average Bonchev–Trinajstić information content (AvgIpc) is 3.07. The SMILES string of the molecule is C[C@@H](N[C@@H]1CCCc2c1cnn2Cc1ccccc1)c1cccnc1. The van der Waals surface area contributed by atoms with Crippen LogP contribution in [0.15, 0.2) is 61.1 Å². The van der Waals surface area contributed by atoms with Crippen molar-refractivity contribution in [3.8, 4) is 0 Å². The summed E-state index contributed by atoms with van der Waals surface area (Å²) in [4.78, 5) is 4.24. The van der Waals surface area contributed by atoms with Gasteiger partial charge in [0.25, 0.3) is 0 Å². The van der Waals surface area contributed by atoms with Gasteiger partial charge < -0.3 is 5.32 Å². The summed E-state index contributed by atoms with van der Waals surface area (Å²) in [6.45, 7) is 3.06. The molecular weight excluding hydrogens is 308 g/mol. The fourth-order valence-electron chi connectivity index (χ4n) is 3.71. The van der Waals surface area contributed by atoms with E-state index in [-0.39, 0.29) is 6.04 Å². The first-order valence-electron chi connectivity index (χ1n) is 9.06. The topological polar surface area (TPSA) is 42.7 Å². The third kappa shape index (κ3) is 3.49. The maximum Gasteiger partial charge on any atom is 0.0662 e. The molecule has 2 atom stereocenters. The standard InChI is InChI=1S/C21H24N4/c1-16(18-9-6-12-22-13-18)24-20-10-5-11-21-19(20)14-23-25(21)15-17-7-3-2-4-8-17/h2-4,6-9,12-14,16,20,24H,5,10-11,15H2,1H3/t16-,20-/m1/s1. The summed E-state index contributed by atoms with van der Waals surface area (Å²) >= 11 is 0. The molecule has 0 radical (unpaired) electrons. The van der Waals surface area contributed by atoms with E-state index < -0.39 is 0 Å². The van der Waals surface area contributed by atoms with E-state index in [0.717, 1.165) is 19.4 Å². The van der Waals surface area contributed by atoms with Crippen LogP contribution in [-0.2, 0) is 13.0 Å². The second-order valence-electron chi connectivity index (χ2n) is 6.81. The third-order valence-corrected chi connectivity index (χ3v) is 5.07. The van der Waals surface area contributed by atoms with Crippen molar-refractivity contribution < 1.29 is 0 Å². The zero-order chi connectivity index (χ0) is 17.1. The Morgan fingerprint density at radius 2 is 2.04 bits per heavy atom. The van der Waals surface area contributed by atoms with Crippen LogP contribution in [0.1, 0.15) is 54.2 Å². The maximum atomic E-state index is 4.69. The minimum atomic E-state index is 0.280. The lowest BCUT2D eigenvalue weighted by Crippen LogP contribution is -2.28. The minimum Gasteiger partial charge on any atom is -0.303 e. The van der Waals surface area contributed by atoms with Gasteiger partial charge in [-0.1, -0.05) is 36.4 Å². The Bertz CT molecular complexity index is 810. The molecule has 0 bridgehead atoms. The molecule has 1 aliphatic rings. The molecule has 4 nitrogen and oxygen atoms in total. The zero-order valence-corrected chi connectivity index (χ0v) is 14.6. The highest BCUT2D eigenvalue weighted by molar-refractivity contribution is 5.27. The summed E-state index contributed by atoms with van der Waals surface area (Å²) < 4.78 is 2.17. The van der Waals surface area contributed by atoms with Gasteiger partial charge in [-0.05, 0) is 43.4 Å². The van der Waals surface area contributed by atoms with Crippen molar-refractivity contribution in [3.05, 3.63) is 83.4 Å². The van der Waals surface area contributed by atoms with Gasteiger partial charge in [-0.3, -0.25) is 9.67 Å². The van der Waals surface area contributed by atoms with Crippen LogP contribution in [0.2, 0.25) is 0 Å². The second-order valence-corrected chi connectivity index (χ2v) is 6.81. The molecule has 1 aromatic carbocycles. The van der Waals surface area contributed by atoms with Crippen LogP contribution in [0.3, 0.4) is 0 Å². The number of fused-ring (bicyclic) bond motifs is 1. The molecule has 3 aromatic rings. The first-order valence-corrected chi connectivity index (χ1v) is 9.06. The highest BCUT2D eigenvalue weighted by Crippen LogP contribution is 2.32. The van der Waals surface area contributed by atoms with Crippen LogP contribution < -0.4 is 5.32 Å². The molecule has 1 aliphatic carbocycles. The van der Waals surface area contributed by atoms with Crippen LogP contribution in [0.25, 0.3) is 0 Å². The van der Waals surface area contributed by atoms with Crippen LogP contribution in [0.4, 0.5) is 0 Å². The molecule has 4 heteroatoms. The Morgan fingerprint density at radius 3 is 2.84 bits per heavy atom. The van der Waals surface area contributed by atoms with Crippen molar-refractivity contribution in [1.29, 1.82) is 0 Å². The monoisotopic (exact) mass is 332 g/mol. The summed E-state index contributed by atoms with van der Waals surface area (Å²) in [5, 5.41) is 8.46. The largest absolute Gasteiger partial charge is 0.303 e. The quantitative estimate of drug-likeness (QED) is 0.766. The highest BCUT2D eigenvalue weighted by Gasteiger charge is 2.25. The number of nitrogens with one attached hydrogen (secondary N) is 1. The molecule has 0 aliphatic heterocycles. The number of hydrogen-bond acceptors (Lipinski definition) is 3. The van der Waals surface area contributed by atoms with Crippen LogP contribution in [-0.4, -0.2) is 14.8 Å². The number of hydrogen-bond donors (Lipinski definition) is 1. The van der Waals surface area contributed by atoms with Gasteiger partial charge >= 0.3 is 0 Å². The van der Waals surface area contributed by atoms with Gasteiger partial charge in [0.05, 0.1) is 12.7 Å². The molecule has 2 aromatic heterocycles. The molecule has 0 saturated heterocycles. The fourth-order valence-corrected chi connectivity index (χ4v) is 3.71. The number of aromatic nitrogens is 3. The van der Waals surface area contributed by atoms with Crippen LogP contribution in [0.5, 0.6) is 0 Å². The first kappa shape index (κ1) is 16.0. The van der Waals surface area contributed by atoms with Crippen molar-refractivity contribution in [3.63, 3.8) is 0 Å². The lowest BCUT2D eigenvalue weighted by Gasteiger charge is -2.27. The number of pyridine rings is 1. The van der Waals surface area contributed by atoms with E-state index in [4.69, 9.17) is 0 Å². The van der Waals surface area contributed by atoms with E-state index >= 15 is 0 Å². The third-order valence-electron chi connectivity index (χ3n) is 5.07. The molecule has 25 heavy (non-hydrogen) atoms. The number of rotatable bonds is 5. The van der Waals surface area contributed by atoms with Crippen molar-refractivity contribution in [2.24, 2.45) is 0 Å². The molecule has 2 heterocycles. The zero-order valence-electron chi connectivity index (χ0n) is 14.6. The lowest BCUT2D eigenvalue weighted by molar-refractivity contribution is 0.409. The van der Waals surface area contributed by atoms with Crippen molar-refractivity contribution >= 4 is 0 Å². The van der Waals surface area contributed by atoms with Gasteiger partial charge in [0.1, 0.15) is 0 Å². The van der Waals surface area contributed by atoms with E-state index in [1.54, 1.807) is 0 Å². The Balaban J connectivity index is 1.53. The van der Waals surface area contributed by atoms with Crippen LogP contribution in [0, 0.1) is 0 Å². The van der Waals surface area contributed by atoms with E-state index in [0.29, 0.717) is 6.04 Å². The molecule has 1 N–H and O–H groups in total. The van der Waals surface area contributed by atoms with Crippen molar-refractivity contribution in [1.82, 2.24) is 20.1 Å². The predicted octanol–water partition coefficient (Wildman–Crippen LogP) is 4.05. The minimum absolute atomic E-state index is 0.280. The summed E-state index contributed by atoms with van der Waals surface area (Å²) in [6, 6.07) is 15.3. The molecule has 0 amide bonds. The Kier molecular flexibility index (Phi) is 4.61.